The van der Waals surface area contributed by atoms with Crippen molar-refractivity contribution in [2.24, 2.45) is 5.73 Å². The summed E-state index contributed by atoms with van der Waals surface area (Å²) in [5, 5.41) is 18.9. The van der Waals surface area contributed by atoms with Crippen molar-refractivity contribution >= 4 is 35.4 Å². The Labute approximate surface area is 199 Å². The van der Waals surface area contributed by atoms with Crippen LogP contribution in [-0.4, -0.2) is 41.3 Å². The summed E-state index contributed by atoms with van der Waals surface area (Å²) in [6.45, 7) is 6.22. The number of benzene rings is 1. The van der Waals surface area contributed by atoms with E-state index in [1.165, 1.54) is 31.9 Å². The fourth-order valence-electron chi connectivity index (χ4n) is 2.46. The molecule has 0 aliphatic rings. The zero-order valence-corrected chi connectivity index (χ0v) is 19.8. The first kappa shape index (κ1) is 28.4. The molecule has 1 rings (SSSR count). The smallest absolute Gasteiger partial charge is 0.416 e. The number of rotatable bonds is 10. The van der Waals surface area contributed by atoms with Crippen LogP contribution in [0, 0.1) is 0 Å². The van der Waals surface area contributed by atoms with Crippen molar-refractivity contribution in [2.75, 3.05) is 12.9 Å². The summed E-state index contributed by atoms with van der Waals surface area (Å²) in [5.74, 6) is -0.630. The number of methoxy groups -OCH3 is 1. The average molecular weight is 504 g/mol. The molecule has 1 atom stereocenters. The number of aliphatic carboxylic acids is 1. The molecular formula is C23H25ClF3NO4S. The summed E-state index contributed by atoms with van der Waals surface area (Å²) in [6.07, 6.45) is -0.560. The number of allylic oxidation sites excluding steroid dienone is 5. The minimum absolute atomic E-state index is 0.194. The third kappa shape index (κ3) is 8.68. The van der Waals surface area contributed by atoms with Crippen LogP contribution in [0.5, 0.6) is 5.75 Å². The topological polar surface area (TPSA) is 92.8 Å². The molecule has 0 amide bonds. The Morgan fingerprint density at radius 3 is 2.45 bits per heavy atom. The third-order valence-corrected chi connectivity index (χ3v) is 5.91. The molecule has 0 radical (unpaired) electrons. The second-order valence-corrected chi connectivity index (χ2v) is 8.30. The fourth-order valence-corrected chi connectivity index (χ4v) is 3.65. The number of carboxylic acids is 1. The second-order valence-electron chi connectivity index (χ2n) is 6.83. The molecule has 0 spiro atoms. The quantitative estimate of drug-likeness (QED) is 0.152. The molecule has 1 unspecified atom stereocenters. The van der Waals surface area contributed by atoms with Gasteiger partial charge < -0.3 is 20.7 Å². The van der Waals surface area contributed by atoms with Crippen LogP contribution < -0.4 is 10.5 Å². The molecule has 0 bridgehead atoms. The van der Waals surface area contributed by atoms with Gasteiger partial charge in [0.05, 0.1) is 12.7 Å². The van der Waals surface area contributed by atoms with Crippen LogP contribution in [-0.2, 0) is 4.79 Å². The number of alkyl halides is 3. The predicted octanol–water partition coefficient (Wildman–Crippen LogP) is 6.23. The number of ether oxygens (including phenoxy) is 1. The van der Waals surface area contributed by atoms with Crippen molar-refractivity contribution in [1.82, 2.24) is 0 Å². The van der Waals surface area contributed by atoms with E-state index < -0.39 is 23.8 Å². The van der Waals surface area contributed by atoms with E-state index in [1.807, 2.05) is 0 Å². The van der Waals surface area contributed by atoms with Crippen molar-refractivity contribution in [3.63, 3.8) is 0 Å². The number of aliphatic hydroxyl groups excluding tert-OH is 1. The van der Waals surface area contributed by atoms with Gasteiger partial charge in [0.25, 0.3) is 0 Å². The first-order valence-corrected chi connectivity index (χ1v) is 10.8. The maximum atomic E-state index is 12.8. The first-order valence-electron chi connectivity index (χ1n) is 9.47. The number of carbonyl (C=O) groups is 1. The number of thioether (sulfide) groups is 1. The van der Waals surface area contributed by atoms with Crippen LogP contribution >= 0.6 is 23.4 Å². The molecule has 0 fully saturated rings. The van der Waals surface area contributed by atoms with E-state index in [0.717, 1.165) is 17.0 Å². The van der Waals surface area contributed by atoms with Crippen molar-refractivity contribution < 1.29 is 32.9 Å². The van der Waals surface area contributed by atoms with Crippen LogP contribution in [0.4, 0.5) is 13.2 Å². The highest BCUT2D eigenvalue weighted by molar-refractivity contribution is 7.99. The Kier molecular flexibility index (Phi) is 10.8. The zero-order chi connectivity index (χ0) is 25.3. The molecule has 0 aliphatic carbocycles. The van der Waals surface area contributed by atoms with Gasteiger partial charge in [-0.05, 0) is 54.8 Å². The van der Waals surface area contributed by atoms with Gasteiger partial charge in [-0.25, -0.2) is 4.79 Å². The zero-order valence-electron chi connectivity index (χ0n) is 18.2. The molecule has 4 N–H and O–H groups in total. The average Bonchev–Trinajstić information content (AvgIpc) is 2.75. The lowest BCUT2D eigenvalue weighted by Crippen LogP contribution is -2.25. The molecule has 0 aliphatic heterocycles. The predicted molar refractivity (Wildman–Crippen MR) is 127 cm³/mol. The van der Waals surface area contributed by atoms with Gasteiger partial charge in [0, 0.05) is 16.7 Å². The molecule has 0 heterocycles. The summed E-state index contributed by atoms with van der Waals surface area (Å²) in [7, 11) is 1.46. The number of hydrogen-bond acceptors (Lipinski definition) is 5. The van der Waals surface area contributed by atoms with Crippen LogP contribution in [0.15, 0.2) is 75.4 Å². The number of carboxylic acid groups (broad SMARTS) is 1. The van der Waals surface area contributed by atoms with E-state index in [4.69, 9.17) is 27.2 Å². The van der Waals surface area contributed by atoms with Gasteiger partial charge in [-0.1, -0.05) is 36.4 Å². The van der Waals surface area contributed by atoms with E-state index in [2.05, 4.69) is 6.58 Å². The van der Waals surface area contributed by atoms with Gasteiger partial charge in [-0.2, -0.15) is 13.2 Å². The van der Waals surface area contributed by atoms with Gasteiger partial charge in [0.1, 0.15) is 16.5 Å². The Morgan fingerprint density at radius 2 is 1.94 bits per heavy atom. The largest absolute Gasteiger partial charge is 0.508 e. The van der Waals surface area contributed by atoms with E-state index >= 15 is 0 Å². The molecule has 0 saturated heterocycles. The fraction of sp³-hybridized carbons (Fsp3) is 0.261. The van der Waals surface area contributed by atoms with Crippen molar-refractivity contribution in [2.45, 2.75) is 31.0 Å². The van der Waals surface area contributed by atoms with Gasteiger partial charge in [-0.15, -0.1) is 11.8 Å². The van der Waals surface area contributed by atoms with Crippen molar-refractivity contribution in [1.29, 1.82) is 0 Å². The minimum Gasteiger partial charge on any atom is -0.508 e. The van der Waals surface area contributed by atoms with Crippen LogP contribution in [0.3, 0.4) is 0 Å². The molecular weight excluding hydrogens is 479 g/mol. The Hall–Kier alpha value is -2.62. The lowest BCUT2D eigenvalue weighted by molar-refractivity contribution is -0.131. The molecule has 180 valence electrons. The van der Waals surface area contributed by atoms with E-state index in [9.17, 15) is 23.1 Å². The monoisotopic (exact) mass is 503 g/mol. The highest BCUT2D eigenvalue weighted by atomic mass is 35.5. The molecule has 1 aromatic rings. The molecule has 1 aromatic carbocycles. The van der Waals surface area contributed by atoms with Gasteiger partial charge in [-0.3, -0.25) is 0 Å². The Bertz CT molecular complexity index is 1010. The van der Waals surface area contributed by atoms with E-state index in [0.29, 0.717) is 28.7 Å². The lowest BCUT2D eigenvalue weighted by Gasteiger charge is -2.16. The van der Waals surface area contributed by atoms with Crippen molar-refractivity contribution in [3.8, 4) is 5.75 Å². The minimum atomic E-state index is -4.54. The van der Waals surface area contributed by atoms with Gasteiger partial charge >= 0.3 is 12.1 Å². The molecule has 0 saturated carbocycles. The summed E-state index contributed by atoms with van der Waals surface area (Å²) in [4.78, 5) is 11.6. The highest BCUT2D eigenvalue weighted by Gasteiger charge is 2.30. The maximum Gasteiger partial charge on any atom is 0.416 e. The summed E-state index contributed by atoms with van der Waals surface area (Å²) in [5.41, 5.74) is 6.40. The number of aliphatic hydroxyl groups is 1. The molecule has 5 nitrogen and oxygen atoms in total. The molecule has 33 heavy (non-hydrogen) atoms. The van der Waals surface area contributed by atoms with Crippen LogP contribution in [0.1, 0.15) is 19.4 Å². The van der Waals surface area contributed by atoms with E-state index in [1.54, 1.807) is 25.1 Å². The molecule has 0 aromatic heterocycles. The summed E-state index contributed by atoms with van der Waals surface area (Å²) in [6, 6.07) is 4.40. The Balaban J connectivity index is 3.01. The standard InChI is InChI=1S/C23H25ClF3NO4S/c1-5-16(23(25,26)27)8-6-13(2)21(29)14(3)18(28)12-33-20-9-7-15(11-19(20)32-4)10-17(24)22(30)31/h5-11,18,29H,1,12,28H2,2-4H3,(H,30,31)/b13-6+,16-8+,17-10-,21-14-. The van der Waals surface area contributed by atoms with E-state index in [-0.39, 0.29) is 16.4 Å². The summed E-state index contributed by atoms with van der Waals surface area (Å²) < 4.78 is 43.7. The lowest BCUT2D eigenvalue weighted by atomic mass is 10.1. The highest BCUT2D eigenvalue weighted by Crippen LogP contribution is 2.32. The first-order chi connectivity index (χ1) is 15.3. The van der Waals surface area contributed by atoms with Gasteiger partial charge in [0.15, 0.2) is 0 Å². The number of hydrogen-bond donors (Lipinski definition) is 3. The molecule has 10 heteroatoms. The SMILES string of the molecule is C=C\C(=C/C=C(C)/C(O)=C(\C)C(N)CSc1ccc(/C=C(\Cl)C(=O)O)cc1OC)C(F)(F)F. The van der Waals surface area contributed by atoms with Crippen LogP contribution in [0.25, 0.3) is 6.08 Å². The maximum absolute atomic E-state index is 12.8. The number of halogens is 4. The normalized spacial score (nSPS) is 15.1. The van der Waals surface area contributed by atoms with Crippen molar-refractivity contribution in [3.05, 3.63) is 76.1 Å². The number of nitrogens with two attached hydrogens (primary N) is 1. The van der Waals surface area contributed by atoms with Crippen LogP contribution in [0.2, 0.25) is 0 Å². The summed E-state index contributed by atoms with van der Waals surface area (Å²) >= 11 is 6.99. The Morgan fingerprint density at radius 1 is 1.30 bits per heavy atom. The second kappa shape index (κ2) is 12.6. The van der Waals surface area contributed by atoms with Gasteiger partial charge in [0.2, 0.25) is 0 Å². The third-order valence-electron chi connectivity index (χ3n) is 4.47.